The Balaban J connectivity index is 1.19. The van der Waals surface area contributed by atoms with E-state index in [1.165, 1.54) is 24.8 Å². The molecule has 0 amide bonds. The van der Waals surface area contributed by atoms with Crippen LogP contribution < -0.4 is 10.9 Å². The van der Waals surface area contributed by atoms with Gasteiger partial charge in [-0.2, -0.15) is 0 Å². The number of imidazole rings is 1. The second-order valence-corrected chi connectivity index (χ2v) is 9.67. The Morgan fingerprint density at radius 1 is 1.09 bits per heavy atom. The molecule has 2 saturated carbocycles. The number of nitrogens with one attached hydrogen (secondary N) is 1. The van der Waals surface area contributed by atoms with Crippen molar-refractivity contribution in [2.45, 2.75) is 57.3 Å². The molecule has 0 atom stereocenters. The molecule has 2 fully saturated rings. The van der Waals surface area contributed by atoms with Gasteiger partial charge in [0.1, 0.15) is 11.8 Å². The summed E-state index contributed by atoms with van der Waals surface area (Å²) in [5.41, 5.74) is 4.04. The highest BCUT2D eigenvalue weighted by Crippen LogP contribution is 2.38. The van der Waals surface area contributed by atoms with E-state index in [-0.39, 0.29) is 5.56 Å². The van der Waals surface area contributed by atoms with E-state index in [1.807, 2.05) is 29.1 Å². The minimum atomic E-state index is -0.603. The molecule has 0 aliphatic heterocycles. The highest BCUT2D eigenvalue weighted by molar-refractivity contribution is 5.84. The molecule has 33 heavy (non-hydrogen) atoms. The quantitative estimate of drug-likeness (QED) is 0.463. The summed E-state index contributed by atoms with van der Waals surface area (Å²) >= 11 is 0. The van der Waals surface area contributed by atoms with Gasteiger partial charge in [-0.05, 0) is 72.7 Å². The van der Waals surface area contributed by atoms with Gasteiger partial charge < -0.3 is 14.3 Å². The van der Waals surface area contributed by atoms with E-state index < -0.39 is 6.17 Å². The number of aromatic nitrogens is 4. The third-order valence-electron chi connectivity index (χ3n) is 7.31. The van der Waals surface area contributed by atoms with Gasteiger partial charge in [0.05, 0.1) is 17.6 Å². The van der Waals surface area contributed by atoms with Gasteiger partial charge in [-0.15, -0.1) is 0 Å². The zero-order valence-corrected chi connectivity index (χ0v) is 18.6. The van der Waals surface area contributed by atoms with Crippen molar-refractivity contribution in [2.24, 2.45) is 5.92 Å². The standard InChI is InChI=1S/C26H28FN5O/c27-20-8-18(9-20)11-28-10-17-4-5-25-30-21(16-32(25)14-17)15-31-7-6-22-23(19-2-1-3-19)12-29-13-24(22)26(31)33/h4-7,12-14,16,18-20,28H,1-3,8-11,15H2. The summed E-state index contributed by atoms with van der Waals surface area (Å²) in [5, 5.41) is 5.15. The summed E-state index contributed by atoms with van der Waals surface area (Å²) in [6.45, 7) is 2.02. The Morgan fingerprint density at radius 2 is 1.97 bits per heavy atom. The third kappa shape index (κ3) is 3.95. The number of alkyl halides is 1. The SMILES string of the molecule is O=c1c2cncc(C3CCC3)c2ccn1Cc1cn2cc(CNCC3CC(F)C3)ccc2n1. The molecule has 6 nitrogen and oxygen atoms in total. The molecule has 1 N–H and O–H groups in total. The maximum Gasteiger partial charge on any atom is 0.260 e. The van der Waals surface area contributed by atoms with Crippen LogP contribution in [0.2, 0.25) is 0 Å². The third-order valence-corrected chi connectivity index (χ3v) is 7.31. The van der Waals surface area contributed by atoms with Gasteiger partial charge in [0.2, 0.25) is 0 Å². The highest BCUT2D eigenvalue weighted by atomic mass is 19.1. The van der Waals surface area contributed by atoms with Gasteiger partial charge in [-0.25, -0.2) is 9.37 Å². The Labute approximate surface area is 191 Å². The lowest BCUT2D eigenvalue weighted by molar-refractivity contribution is 0.129. The lowest BCUT2D eigenvalue weighted by Crippen LogP contribution is -2.33. The number of hydrogen-bond acceptors (Lipinski definition) is 4. The van der Waals surface area contributed by atoms with Crippen molar-refractivity contribution in [3.05, 3.63) is 76.4 Å². The number of halogens is 1. The molecule has 0 aromatic carbocycles. The molecule has 7 heteroatoms. The van der Waals surface area contributed by atoms with Crippen LogP contribution in [0.15, 0.2) is 54.0 Å². The molecule has 4 heterocycles. The maximum absolute atomic E-state index is 13.2. The first kappa shape index (κ1) is 20.5. The fourth-order valence-corrected chi connectivity index (χ4v) is 5.09. The number of rotatable bonds is 7. The van der Waals surface area contributed by atoms with Crippen molar-refractivity contribution >= 4 is 16.4 Å². The van der Waals surface area contributed by atoms with E-state index in [0.717, 1.165) is 35.4 Å². The second kappa shape index (κ2) is 8.37. The van der Waals surface area contributed by atoms with Crippen LogP contribution in [0.25, 0.3) is 16.4 Å². The molecule has 4 aromatic heterocycles. The Kier molecular flexibility index (Phi) is 5.21. The highest BCUT2D eigenvalue weighted by Gasteiger charge is 2.28. The first-order chi connectivity index (χ1) is 16.1. The summed E-state index contributed by atoms with van der Waals surface area (Å²) in [6.07, 6.45) is 13.9. The van der Waals surface area contributed by atoms with E-state index in [1.54, 1.807) is 10.8 Å². The van der Waals surface area contributed by atoms with Crippen LogP contribution in [-0.4, -0.2) is 31.7 Å². The molecule has 0 bridgehead atoms. The Bertz CT molecular complexity index is 1370. The first-order valence-electron chi connectivity index (χ1n) is 11.9. The maximum atomic E-state index is 13.2. The van der Waals surface area contributed by atoms with Crippen LogP contribution in [0.4, 0.5) is 4.39 Å². The molecule has 0 saturated heterocycles. The number of pyridine rings is 3. The Morgan fingerprint density at radius 3 is 2.76 bits per heavy atom. The summed E-state index contributed by atoms with van der Waals surface area (Å²) in [6, 6.07) is 6.12. The largest absolute Gasteiger partial charge is 0.312 e. The molecule has 0 unspecified atom stereocenters. The van der Waals surface area contributed by atoms with Crippen LogP contribution in [0, 0.1) is 5.92 Å². The average molecular weight is 446 g/mol. The van der Waals surface area contributed by atoms with E-state index >= 15 is 0 Å². The van der Waals surface area contributed by atoms with Crippen LogP contribution in [-0.2, 0) is 13.1 Å². The normalized spacial score (nSPS) is 20.8. The molecular weight excluding hydrogens is 417 g/mol. The lowest BCUT2D eigenvalue weighted by Gasteiger charge is -2.29. The van der Waals surface area contributed by atoms with Crippen LogP contribution >= 0.6 is 0 Å². The monoisotopic (exact) mass is 445 g/mol. The molecule has 2 aliphatic carbocycles. The van der Waals surface area contributed by atoms with Gasteiger partial charge in [-0.1, -0.05) is 12.5 Å². The molecular formula is C26H28FN5O. The molecule has 6 rings (SSSR count). The first-order valence-corrected chi connectivity index (χ1v) is 11.9. The molecule has 0 spiro atoms. The van der Waals surface area contributed by atoms with Gasteiger partial charge in [-0.3, -0.25) is 9.78 Å². The zero-order valence-electron chi connectivity index (χ0n) is 18.6. The Hall–Kier alpha value is -3.06. The van der Waals surface area contributed by atoms with E-state index in [4.69, 9.17) is 4.98 Å². The topological polar surface area (TPSA) is 64.2 Å². The molecule has 0 radical (unpaired) electrons. The van der Waals surface area contributed by atoms with Crippen LogP contribution in [0.1, 0.15) is 54.8 Å². The molecule has 2 aliphatic rings. The van der Waals surface area contributed by atoms with Crippen LogP contribution in [0.5, 0.6) is 0 Å². The van der Waals surface area contributed by atoms with Gasteiger partial charge in [0, 0.05) is 37.5 Å². The number of fused-ring (bicyclic) bond motifs is 2. The number of hydrogen-bond donors (Lipinski definition) is 1. The smallest absolute Gasteiger partial charge is 0.260 e. The molecule has 4 aromatic rings. The van der Waals surface area contributed by atoms with Crippen molar-refractivity contribution in [3.63, 3.8) is 0 Å². The second-order valence-electron chi connectivity index (χ2n) is 9.67. The van der Waals surface area contributed by atoms with E-state index in [2.05, 4.69) is 28.6 Å². The van der Waals surface area contributed by atoms with Gasteiger partial charge >= 0.3 is 0 Å². The number of nitrogens with zero attached hydrogens (tertiary/aromatic N) is 4. The zero-order chi connectivity index (χ0) is 22.4. The summed E-state index contributed by atoms with van der Waals surface area (Å²) in [7, 11) is 0. The van der Waals surface area contributed by atoms with Crippen LogP contribution in [0.3, 0.4) is 0 Å². The summed E-state index contributed by atoms with van der Waals surface area (Å²) in [4.78, 5) is 22.2. The van der Waals surface area contributed by atoms with Crippen molar-refractivity contribution in [2.75, 3.05) is 6.54 Å². The molecule has 170 valence electrons. The fraction of sp³-hybridized carbons (Fsp3) is 0.423. The lowest BCUT2D eigenvalue weighted by atomic mass is 9.79. The summed E-state index contributed by atoms with van der Waals surface area (Å²) in [5.74, 6) is 0.997. The van der Waals surface area contributed by atoms with Gasteiger partial charge in [0.25, 0.3) is 5.56 Å². The van der Waals surface area contributed by atoms with Crippen molar-refractivity contribution in [1.29, 1.82) is 0 Å². The fourth-order valence-electron chi connectivity index (χ4n) is 5.09. The minimum absolute atomic E-state index is 0.0189. The average Bonchev–Trinajstić information content (AvgIpc) is 3.15. The van der Waals surface area contributed by atoms with Crippen molar-refractivity contribution < 1.29 is 4.39 Å². The predicted octanol–water partition coefficient (Wildman–Crippen LogP) is 4.20. The predicted molar refractivity (Wildman–Crippen MR) is 126 cm³/mol. The van der Waals surface area contributed by atoms with Gasteiger partial charge in [0.15, 0.2) is 0 Å². The van der Waals surface area contributed by atoms with Crippen molar-refractivity contribution in [3.8, 4) is 0 Å². The van der Waals surface area contributed by atoms with E-state index in [9.17, 15) is 9.18 Å². The van der Waals surface area contributed by atoms with E-state index in [0.29, 0.717) is 36.6 Å². The van der Waals surface area contributed by atoms with Crippen molar-refractivity contribution in [1.82, 2.24) is 24.3 Å². The minimum Gasteiger partial charge on any atom is -0.312 e. The summed E-state index contributed by atoms with van der Waals surface area (Å²) < 4.78 is 16.7.